The summed E-state index contributed by atoms with van der Waals surface area (Å²) >= 11 is 5.86. The molecule has 1 rings (SSSR count). The molecule has 0 fully saturated rings. The van der Waals surface area contributed by atoms with Crippen molar-refractivity contribution >= 4 is 17.4 Å². The lowest BCUT2D eigenvalue weighted by Gasteiger charge is -2.13. The Morgan fingerprint density at radius 1 is 1.21 bits per heavy atom. The fourth-order valence-corrected chi connectivity index (χ4v) is 1.68. The fraction of sp³-hybridized carbons (Fsp3) is 0.533. The highest BCUT2D eigenvalue weighted by atomic mass is 35.5. The Labute approximate surface area is 119 Å². The van der Waals surface area contributed by atoms with Gasteiger partial charge in [-0.2, -0.15) is 0 Å². The Balaban J connectivity index is 2.98. The number of ketones is 1. The Morgan fingerprint density at radius 2 is 1.84 bits per heavy atom. The zero-order valence-electron chi connectivity index (χ0n) is 11.7. The summed E-state index contributed by atoms with van der Waals surface area (Å²) in [6, 6.07) is 5.26. The van der Waals surface area contributed by atoms with Gasteiger partial charge in [0.15, 0.2) is 5.78 Å². The highest BCUT2D eigenvalue weighted by Gasteiger charge is 2.18. The monoisotopic (exact) mass is 284 g/mol. The zero-order chi connectivity index (χ0) is 14.3. The minimum Gasteiger partial charge on any atom is -0.493 e. The van der Waals surface area contributed by atoms with Crippen LogP contribution in [-0.4, -0.2) is 24.4 Å². The first-order valence-electron chi connectivity index (χ1n) is 6.68. The zero-order valence-corrected chi connectivity index (χ0v) is 12.5. The van der Waals surface area contributed by atoms with Gasteiger partial charge in [-0.15, -0.1) is 11.6 Å². The molecule has 0 spiro atoms. The number of halogens is 1. The molecular formula is C15H21ClO3. The first kappa shape index (κ1) is 15.8. The summed E-state index contributed by atoms with van der Waals surface area (Å²) in [4.78, 5) is 12.0. The van der Waals surface area contributed by atoms with Crippen molar-refractivity contribution < 1.29 is 14.3 Å². The maximum atomic E-state index is 12.0. The second-order valence-corrected chi connectivity index (χ2v) is 4.99. The van der Waals surface area contributed by atoms with Crippen LogP contribution in [0.15, 0.2) is 18.2 Å². The summed E-state index contributed by atoms with van der Waals surface area (Å²) in [7, 11) is 0. The van der Waals surface area contributed by atoms with Gasteiger partial charge in [0.25, 0.3) is 0 Å². The molecule has 0 aliphatic rings. The number of Topliss-reactive ketones (excluding diaryl/α,β-unsaturated/α-hetero) is 1. The molecule has 1 atom stereocenters. The van der Waals surface area contributed by atoms with Gasteiger partial charge in [0.2, 0.25) is 0 Å². The van der Waals surface area contributed by atoms with Gasteiger partial charge in [-0.1, -0.05) is 13.8 Å². The van der Waals surface area contributed by atoms with Crippen molar-refractivity contribution in [3.63, 3.8) is 0 Å². The number of hydrogen-bond donors (Lipinski definition) is 0. The van der Waals surface area contributed by atoms with Gasteiger partial charge in [-0.3, -0.25) is 4.79 Å². The van der Waals surface area contributed by atoms with E-state index < -0.39 is 5.38 Å². The van der Waals surface area contributed by atoms with Crippen LogP contribution in [0, 0.1) is 0 Å². The lowest BCUT2D eigenvalue weighted by Crippen LogP contribution is -2.13. The van der Waals surface area contributed by atoms with Crippen LogP contribution >= 0.6 is 11.6 Å². The van der Waals surface area contributed by atoms with Crippen LogP contribution < -0.4 is 9.47 Å². The van der Waals surface area contributed by atoms with Gasteiger partial charge in [0.05, 0.1) is 24.2 Å². The normalized spacial score (nSPS) is 12.0. The van der Waals surface area contributed by atoms with Crippen LogP contribution in [-0.2, 0) is 0 Å². The predicted octanol–water partition coefficient (Wildman–Crippen LogP) is 4.07. The van der Waals surface area contributed by atoms with Gasteiger partial charge < -0.3 is 9.47 Å². The summed E-state index contributed by atoms with van der Waals surface area (Å²) < 4.78 is 11.2. The van der Waals surface area contributed by atoms with Gasteiger partial charge in [0, 0.05) is 6.07 Å². The van der Waals surface area contributed by atoms with E-state index in [0.29, 0.717) is 30.3 Å². The van der Waals surface area contributed by atoms with E-state index in [1.54, 1.807) is 25.1 Å². The molecule has 1 unspecified atom stereocenters. The third-order valence-corrected chi connectivity index (χ3v) is 2.71. The van der Waals surface area contributed by atoms with Crippen LogP contribution in [0.2, 0.25) is 0 Å². The van der Waals surface area contributed by atoms with Crippen molar-refractivity contribution in [2.45, 2.75) is 39.0 Å². The first-order chi connectivity index (χ1) is 9.10. The maximum Gasteiger partial charge on any atom is 0.184 e. The summed E-state index contributed by atoms with van der Waals surface area (Å²) in [6.07, 6.45) is 1.81. The Bertz CT molecular complexity index is 416. The summed E-state index contributed by atoms with van der Waals surface area (Å²) in [5, 5.41) is -0.564. The largest absolute Gasteiger partial charge is 0.493 e. The van der Waals surface area contributed by atoms with E-state index in [4.69, 9.17) is 21.1 Å². The Kier molecular flexibility index (Phi) is 6.71. The highest BCUT2D eigenvalue weighted by molar-refractivity contribution is 6.33. The quantitative estimate of drug-likeness (QED) is 0.533. The highest BCUT2D eigenvalue weighted by Crippen LogP contribution is 2.27. The van der Waals surface area contributed by atoms with E-state index in [1.165, 1.54) is 0 Å². The molecule has 0 radical (unpaired) electrons. The number of hydrogen-bond acceptors (Lipinski definition) is 3. The number of benzene rings is 1. The molecule has 3 nitrogen and oxygen atoms in total. The molecule has 106 valence electrons. The summed E-state index contributed by atoms with van der Waals surface area (Å²) in [5.41, 5.74) is 0.514. The number of ether oxygens (including phenoxy) is 2. The molecule has 1 aromatic carbocycles. The van der Waals surface area contributed by atoms with Crippen LogP contribution in [0.5, 0.6) is 11.5 Å². The summed E-state index contributed by atoms with van der Waals surface area (Å²) in [6.45, 7) is 6.93. The first-order valence-corrected chi connectivity index (χ1v) is 7.11. The van der Waals surface area contributed by atoms with E-state index in [9.17, 15) is 4.79 Å². The molecule has 1 aromatic rings. The maximum absolute atomic E-state index is 12.0. The minimum absolute atomic E-state index is 0.130. The molecule has 4 heteroatoms. The molecule has 0 heterocycles. The molecule has 19 heavy (non-hydrogen) atoms. The van der Waals surface area contributed by atoms with Gasteiger partial charge >= 0.3 is 0 Å². The third-order valence-electron chi connectivity index (χ3n) is 2.51. The van der Waals surface area contributed by atoms with Crippen molar-refractivity contribution in [1.82, 2.24) is 0 Å². The topological polar surface area (TPSA) is 35.5 Å². The molecule has 0 saturated heterocycles. The van der Waals surface area contributed by atoms with E-state index in [-0.39, 0.29) is 5.78 Å². The average molecular weight is 285 g/mol. The second kappa shape index (κ2) is 8.05. The molecule has 0 saturated carbocycles. The molecule has 0 aromatic heterocycles. The van der Waals surface area contributed by atoms with E-state index in [1.807, 2.05) is 13.8 Å². The Hall–Kier alpha value is -1.22. The number of carbonyl (C=O) groups excluding carboxylic acids is 1. The average Bonchev–Trinajstić information content (AvgIpc) is 2.42. The van der Waals surface area contributed by atoms with Crippen molar-refractivity contribution in [1.29, 1.82) is 0 Å². The predicted molar refractivity (Wildman–Crippen MR) is 77.7 cm³/mol. The number of carbonyl (C=O) groups is 1. The minimum atomic E-state index is -0.564. The van der Waals surface area contributed by atoms with Crippen LogP contribution in [0.1, 0.15) is 44.0 Å². The SMILES string of the molecule is CCCOc1ccc(C(=O)C(C)Cl)c(OCCC)c1. The molecule has 0 bridgehead atoms. The van der Waals surface area contributed by atoms with E-state index >= 15 is 0 Å². The van der Waals surface area contributed by atoms with Gasteiger partial charge in [0.1, 0.15) is 11.5 Å². The van der Waals surface area contributed by atoms with E-state index in [2.05, 4.69) is 0 Å². The number of rotatable bonds is 8. The van der Waals surface area contributed by atoms with Crippen LogP contribution in [0.25, 0.3) is 0 Å². The summed E-state index contributed by atoms with van der Waals surface area (Å²) in [5.74, 6) is 1.13. The van der Waals surface area contributed by atoms with Crippen molar-refractivity contribution in [2.75, 3.05) is 13.2 Å². The molecule has 0 N–H and O–H groups in total. The van der Waals surface area contributed by atoms with E-state index in [0.717, 1.165) is 12.8 Å². The molecule has 0 aliphatic carbocycles. The second-order valence-electron chi connectivity index (χ2n) is 4.34. The molecular weight excluding hydrogens is 264 g/mol. The lowest BCUT2D eigenvalue weighted by molar-refractivity contribution is 0.0987. The smallest absolute Gasteiger partial charge is 0.184 e. The van der Waals surface area contributed by atoms with Gasteiger partial charge in [-0.25, -0.2) is 0 Å². The van der Waals surface area contributed by atoms with Crippen molar-refractivity contribution in [2.24, 2.45) is 0 Å². The molecule has 0 amide bonds. The fourth-order valence-electron chi connectivity index (χ4n) is 1.56. The Morgan fingerprint density at radius 3 is 2.42 bits per heavy atom. The van der Waals surface area contributed by atoms with Gasteiger partial charge in [-0.05, 0) is 31.9 Å². The van der Waals surface area contributed by atoms with Crippen LogP contribution in [0.3, 0.4) is 0 Å². The number of alkyl halides is 1. The molecule has 0 aliphatic heterocycles. The standard InChI is InChI=1S/C15H21ClO3/c1-4-8-18-12-6-7-13(15(17)11(3)16)14(10-12)19-9-5-2/h6-7,10-11H,4-5,8-9H2,1-3H3. The van der Waals surface area contributed by atoms with Crippen molar-refractivity contribution in [3.8, 4) is 11.5 Å². The lowest BCUT2D eigenvalue weighted by atomic mass is 10.1. The third kappa shape index (κ3) is 4.75. The van der Waals surface area contributed by atoms with Crippen molar-refractivity contribution in [3.05, 3.63) is 23.8 Å². The van der Waals surface area contributed by atoms with Crippen LogP contribution in [0.4, 0.5) is 0 Å².